The SMILES string of the molecule is CCONCC1CCCNC1. The van der Waals surface area contributed by atoms with E-state index in [4.69, 9.17) is 4.84 Å². The van der Waals surface area contributed by atoms with Gasteiger partial charge in [0.25, 0.3) is 0 Å². The van der Waals surface area contributed by atoms with Gasteiger partial charge in [-0.2, -0.15) is 0 Å². The van der Waals surface area contributed by atoms with Gasteiger partial charge in [-0.25, -0.2) is 5.48 Å². The molecule has 11 heavy (non-hydrogen) atoms. The summed E-state index contributed by atoms with van der Waals surface area (Å²) in [6, 6.07) is 0. The molecule has 1 fully saturated rings. The van der Waals surface area contributed by atoms with Gasteiger partial charge < -0.3 is 10.2 Å². The largest absolute Gasteiger partial charge is 0.316 e. The Hall–Kier alpha value is -0.120. The number of hydrogen-bond acceptors (Lipinski definition) is 3. The van der Waals surface area contributed by atoms with Gasteiger partial charge in [-0.1, -0.05) is 0 Å². The van der Waals surface area contributed by atoms with Crippen LogP contribution in [0, 0.1) is 5.92 Å². The molecule has 0 aromatic rings. The first kappa shape index (κ1) is 8.97. The Labute approximate surface area is 68.5 Å². The molecule has 1 aliphatic heterocycles. The summed E-state index contributed by atoms with van der Waals surface area (Å²) in [5.74, 6) is 0.760. The van der Waals surface area contributed by atoms with Crippen molar-refractivity contribution >= 4 is 0 Å². The molecule has 3 nitrogen and oxygen atoms in total. The molecule has 1 heterocycles. The van der Waals surface area contributed by atoms with E-state index in [2.05, 4.69) is 10.8 Å². The number of hydrogen-bond donors (Lipinski definition) is 2. The molecule has 1 atom stereocenters. The number of nitrogens with one attached hydrogen (secondary N) is 2. The van der Waals surface area contributed by atoms with E-state index in [1.807, 2.05) is 6.92 Å². The standard InChI is InChI=1S/C8H18N2O/c1-2-11-10-7-8-4-3-5-9-6-8/h8-10H,2-7H2,1H3. The Morgan fingerprint density at radius 2 is 2.55 bits per heavy atom. The summed E-state index contributed by atoms with van der Waals surface area (Å²) >= 11 is 0. The fourth-order valence-electron chi connectivity index (χ4n) is 1.38. The third kappa shape index (κ3) is 3.70. The summed E-state index contributed by atoms with van der Waals surface area (Å²) in [6.07, 6.45) is 2.63. The molecule has 0 amide bonds. The van der Waals surface area contributed by atoms with Crippen LogP contribution in [0.2, 0.25) is 0 Å². The van der Waals surface area contributed by atoms with E-state index >= 15 is 0 Å². The lowest BCUT2D eigenvalue weighted by Crippen LogP contribution is -2.36. The van der Waals surface area contributed by atoms with Crippen molar-refractivity contribution in [3.05, 3.63) is 0 Å². The highest BCUT2D eigenvalue weighted by Crippen LogP contribution is 2.07. The molecule has 0 spiro atoms. The molecule has 0 aromatic heterocycles. The molecule has 1 saturated heterocycles. The van der Waals surface area contributed by atoms with Crippen LogP contribution < -0.4 is 10.8 Å². The highest BCUT2D eigenvalue weighted by molar-refractivity contribution is 4.69. The van der Waals surface area contributed by atoms with Crippen LogP contribution in [0.5, 0.6) is 0 Å². The maximum atomic E-state index is 5.06. The van der Waals surface area contributed by atoms with Gasteiger partial charge in [-0.05, 0) is 38.8 Å². The first-order chi connectivity index (χ1) is 5.43. The molecule has 0 aromatic carbocycles. The number of hydroxylamine groups is 1. The molecular formula is C8H18N2O. The second-order valence-electron chi connectivity index (χ2n) is 2.99. The minimum absolute atomic E-state index is 0.750. The van der Waals surface area contributed by atoms with E-state index in [-0.39, 0.29) is 0 Å². The third-order valence-corrected chi connectivity index (χ3v) is 2.02. The maximum Gasteiger partial charge on any atom is 0.0653 e. The van der Waals surface area contributed by atoms with Crippen molar-refractivity contribution in [2.75, 3.05) is 26.2 Å². The Morgan fingerprint density at radius 3 is 3.18 bits per heavy atom. The molecular weight excluding hydrogens is 140 g/mol. The van der Waals surface area contributed by atoms with E-state index in [9.17, 15) is 0 Å². The van der Waals surface area contributed by atoms with Crippen molar-refractivity contribution in [1.29, 1.82) is 0 Å². The van der Waals surface area contributed by atoms with E-state index in [0.29, 0.717) is 0 Å². The highest BCUT2D eigenvalue weighted by Gasteiger charge is 2.11. The van der Waals surface area contributed by atoms with Crippen LogP contribution in [0.1, 0.15) is 19.8 Å². The Bertz CT molecular complexity index is 92.1. The van der Waals surface area contributed by atoms with Gasteiger partial charge >= 0.3 is 0 Å². The zero-order valence-electron chi connectivity index (χ0n) is 7.23. The lowest BCUT2D eigenvalue weighted by molar-refractivity contribution is 0.0391. The monoisotopic (exact) mass is 158 g/mol. The zero-order chi connectivity index (χ0) is 7.94. The smallest absolute Gasteiger partial charge is 0.0653 e. The van der Waals surface area contributed by atoms with Crippen LogP contribution in [-0.4, -0.2) is 26.2 Å². The van der Waals surface area contributed by atoms with Crippen LogP contribution in [0.25, 0.3) is 0 Å². The maximum absolute atomic E-state index is 5.06. The summed E-state index contributed by atoms with van der Waals surface area (Å²) in [5.41, 5.74) is 2.96. The topological polar surface area (TPSA) is 33.3 Å². The van der Waals surface area contributed by atoms with Crippen LogP contribution in [0.4, 0.5) is 0 Å². The average molecular weight is 158 g/mol. The molecule has 1 rings (SSSR count). The van der Waals surface area contributed by atoms with Gasteiger partial charge in [-0.15, -0.1) is 0 Å². The first-order valence-electron chi connectivity index (χ1n) is 4.49. The Kier molecular flexibility index (Phi) is 4.50. The van der Waals surface area contributed by atoms with Crippen molar-refractivity contribution in [2.45, 2.75) is 19.8 Å². The van der Waals surface area contributed by atoms with Crippen LogP contribution in [-0.2, 0) is 4.84 Å². The summed E-state index contributed by atoms with van der Waals surface area (Å²) in [5, 5.41) is 3.37. The van der Waals surface area contributed by atoms with Crippen molar-refractivity contribution in [3.63, 3.8) is 0 Å². The molecule has 0 saturated carbocycles. The van der Waals surface area contributed by atoms with Crippen LogP contribution >= 0.6 is 0 Å². The summed E-state index contributed by atoms with van der Waals surface area (Å²) in [6.45, 7) is 6.05. The summed E-state index contributed by atoms with van der Waals surface area (Å²) < 4.78 is 0. The van der Waals surface area contributed by atoms with E-state index in [1.165, 1.54) is 19.4 Å². The van der Waals surface area contributed by atoms with Crippen LogP contribution in [0.15, 0.2) is 0 Å². The first-order valence-corrected chi connectivity index (χ1v) is 4.49. The van der Waals surface area contributed by atoms with E-state index in [1.54, 1.807) is 0 Å². The van der Waals surface area contributed by atoms with Crippen molar-refractivity contribution in [2.24, 2.45) is 5.92 Å². The van der Waals surface area contributed by atoms with Gasteiger partial charge in [-0.3, -0.25) is 0 Å². The van der Waals surface area contributed by atoms with Gasteiger partial charge in [0.1, 0.15) is 0 Å². The minimum atomic E-state index is 0.750. The molecule has 0 bridgehead atoms. The van der Waals surface area contributed by atoms with Crippen molar-refractivity contribution in [3.8, 4) is 0 Å². The quantitative estimate of drug-likeness (QED) is 0.462. The third-order valence-electron chi connectivity index (χ3n) is 2.02. The normalized spacial score (nSPS) is 25.4. The second-order valence-corrected chi connectivity index (χ2v) is 2.99. The molecule has 1 aliphatic rings. The lowest BCUT2D eigenvalue weighted by atomic mass is 10.0. The molecule has 66 valence electrons. The Morgan fingerprint density at radius 1 is 1.64 bits per heavy atom. The van der Waals surface area contributed by atoms with Crippen LogP contribution in [0.3, 0.4) is 0 Å². The Balaban J connectivity index is 1.96. The molecule has 0 aliphatic carbocycles. The fraction of sp³-hybridized carbons (Fsp3) is 1.00. The molecule has 0 radical (unpaired) electrons. The predicted molar refractivity (Wildman–Crippen MR) is 45.2 cm³/mol. The minimum Gasteiger partial charge on any atom is -0.316 e. The van der Waals surface area contributed by atoms with E-state index < -0.39 is 0 Å². The predicted octanol–water partition coefficient (Wildman–Crippen LogP) is 0.527. The lowest BCUT2D eigenvalue weighted by Gasteiger charge is -2.22. The zero-order valence-corrected chi connectivity index (χ0v) is 7.23. The highest BCUT2D eigenvalue weighted by atomic mass is 16.6. The summed E-state index contributed by atoms with van der Waals surface area (Å²) in [4.78, 5) is 5.06. The van der Waals surface area contributed by atoms with Gasteiger partial charge in [0.2, 0.25) is 0 Å². The fourth-order valence-corrected chi connectivity index (χ4v) is 1.38. The molecule has 1 unspecified atom stereocenters. The molecule has 2 N–H and O–H groups in total. The number of rotatable bonds is 4. The van der Waals surface area contributed by atoms with Gasteiger partial charge in [0, 0.05) is 6.54 Å². The summed E-state index contributed by atoms with van der Waals surface area (Å²) in [7, 11) is 0. The van der Waals surface area contributed by atoms with Gasteiger partial charge in [0.15, 0.2) is 0 Å². The van der Waals surface area contributed by atoms with Crippen molar-refractivity contribution in [1.82, 2.24) is 10.8 Å². The van der Waals surface area contributed by atoms with Gasteiger partial charge in [0.05, 0.1) is 6.61 Å². The second kappa shape index (κ2) is 5.52. The average Bonchev–Trinajstić information content (AvgIpc) is 2.07. The van der Waals surface area contributed by atoms with Crippen molar-refractivity contribution < 1.29 is 4.84 Å². The van der Waals surface area contributed by atoms with E-state index in [0.717, 1.165) is 25.6 Å². The number of piperidine rings is 1. The molecule has 3 heteroatoms.